The second-order valence-electron chi connectivity index (χ2n) is 5.61. The lowest BCUT2D eigenvalue weighted by Gasteiger charge is -2.21. The molecule has 0 atom stereocenters. The summed E-state index contributed by atoms with van der Waals surface area (Å²) < 4.78 is 5.51. The molecular weight excluding hydrogens is 286 g/mol. The number of para-hydroxylation sites is 1. The van der Waals surface area contributed by atoms with E-state index in [-0.39, 0.29) is 5.97 Å². The second-order valence-corrected chi connectivity index (χ2v) is 6.00. The number of carbonyl (C=O) groups is 1. The quantitative estimate of drug-likeness (QED) is 0.613. The lowest BCUT2D eigenvalue weighted by Crippen LogP contribution is -2.17. The van der Waals surface area contributed by atoms with Gasteiger partial charge in [0.25, 0.3) is 0 Å². The predicted molar refractivity (Wildman–Crippen MR) is 83.6 cm³/mol. The highest BCUT2D eigenvalue weighted by molar-refractivity contribution is 6.30. The van der Waals surface area contributed by atoms with Gasteiger partial charge in [0.2, 0.25) is 0 Å². The Morgan fingerprint density at radius 1 is 1.24 bits per heavy atom. The van der Waals surface area contributed by atoms with Crippen molar-refractivity contribution in [3.8, 4) is 0 Å². The van der Waals surface area contributed by atoms with Crippen molar-refractivity contribution in [1.82, 2.24) is 4.98 Å². The number of hydrogen-bond acceptors (Lipinski definition) is 3. The van der Waals surface area contributed by atoms with Gasteiger partial charge in [-0.15, -0.1) is 0 Å². The van der Waals surface area contributed by atoms with Gasteiger partial charge in [-0.3, -0.25) is 0 Å². The third-order valence-electron chi connectivity index (χ3n) is 4.08. The number of benzene rings is 1. The van der Waals surface area contributed by atoms with E-state index in [0.717, 1.165) is 23.7 Å². The normalized spacial score (nSPS) is 16.0. The van der Waals surface area contributed by atoms with E-state index < -0.39 is 0 Å². The molecule has 4 heteroatoms. The zero-order chi connectivity index (χ0) is 14.7. The number of carbonyl (C=O) groups excluding carboxylic acids is 1. The van der Waals surface area contributed by atoms with Gasteiger partial charge in [-0.05, 0) is 30.9 Å². The topological polar surface area (TPSA) is 39.2 Å². The summed E-state index contributed by atoms with van der Waals surface area (Å²) in [5, 5.41) is 1.11. The lowest BCUT2D eigenvalue weighted by atomic mass is 9.90. The fourth-order valence-electron chi connectivity index (χ4n) is 2.94. The molecule has 0 bridgehead atoms. The van der Waals surface area contributed by atoms with Crippen molar-refractivity contribution in [2.24, 2.45) is 5.92 Å². The summed E-state index contributed by atoms with van der Waals surface area (Å²) in [6.45, 7) is 0.507. The van der Waals surface area contributed by atoms with Crippen molar-refractivity contribution in [2.45, 2.75) is 32.1 Å². The first kappa shape index (κ1) is 14.3. The van der Waals surface area contributed by atoms with E-state index in [1.807, 2.05) is 24.3 Å². The fraction of sp³-hybridized carbons (Fsp3) is 0.412. The highest BCUT2D eigenvalue weighted by atomic mass is 35.5. The monoisotopic (exact) mass is 303 g/mol. The van der Waals surface area contributed by atoms with Gasteiger partial charge >= 0.3 is 5.97 Å². The van der Waals surface area contributed by atoms with Gasteiger partial charge in [0, 0.05) is 5.39 Å². The zero-order valence-electron chi connectivity index (χ0n) is 11.8. The first-order chi connectivity index (χ1) is 10.2. The lowest BCUT2D eigenvalue weighted by molar-refractivity contribution is 0.0412. The molecule has 0 N–H and O–H groups in total. The van der Waals surface area contributed by atoms with Gasteiger partial charge in [0.15, 0.2) is 0 Å². The molecular formula is C17H18ClNO2. The molecule has 110 valence electrons. The van der Waals surface area contributed by atoms with Crippen LogP contribution < -0.4 is 0 Å². The van der Waals surface area contributed by atoms with Crippen LogP contribution in [0.15, 0.2) is 30.3 Å². The van der Waals surface area contributed by atoms with E-state index in [1.165, 1.54) is 19.3 Å². The molecule has 0 amide bonds. The minimum Gasteiger partial charge on any atom is -0.462 e. The smallest absolute Gasteiger partial charge is 0.338 e. The van der Waals surface area contributed by atoms with Crippen LogP contribution in [0.1, 0.15) is 42.5 Å². The molecule has 1 fully saturated rings. The van der Waals surface area contributed by atoms with Gasteiger partial charge in [-0.25, -0.2) is 9.78 Å². The fourth-order valence-corrected chi connectivity index (χ4v) is 3.14. The van der Waals surface area contributed by atoms with Crippen molar-refractivity contribution in [3.63, 3.8) is 0 Å². The molecule has 1 saturated carbocycles. The van der Waals surface area contributed by atoms with Gasteiger partial charge < -0.3 is 4.74 Å². The number of aromatic nitrogens is 1. The van der Waals surface area contributed by atoms with Crippen LogP contribution in [0.5, 0.6) is 0 Å². The summed E-state index contributed by atoms with van der Waals surface area (Å²) in [5.41, 5.74) is 1.22. The Morgan fingerprint density at radius 3 is 2.81 bits per heavy atom. The summed E-state index contributed by atoms with van der Waals surface area (Å²) in [7, 11) is 0. The zero-order valence-corrected chi connectivity index (χ0v) is 12.6. The molecule has 3 rings (SSSR count). The maximum absolute atomic E-state index is 12.3. The molecule has 2 aromatic rings. The molecule has 1 heterocycles. The highest BCUT2D eigenvalue weighted by Gasteiger charge is 2.18. The Kier molecular flexibility index (Phi) is 4.39. The van der Waals surface area contributed by atoms with E-state index >= 15 is 0 Å². The molecule has 0 spiro atoms. The van der Waals surface area contributed by atoms with Gasteiger partial charge in [0.1, 0.15) is 5.15 Å². The van der Waals surface area contributed by atoms with E-state index in [0.29, 0.717) is 23.2 Å². The summed E-state index contributed by atoms with van der Waals surface area (Å²) in [6, 6.07) is 9.07. The number of rotatable bonds is 3. The Hall–Kier alpha value is -1.61. The third-order valence-corrected chi connectivity index (χ3v) is 4.27. The van der Waals surface area contributed by atoms with Gasteiger partial charge in [0.05, 0.1) is 17.7 Å². The Morgan fingerprint density at radius 2 is 2.00 bits per heavy atom. The highest BCUT2D eigenvalue weighted by Crippen LogP contribution is 2.25. The van der Waals surface area contributed by atoms with Crippen LogP contribution in [0.4, 0.5) is 0 Å². The number of hydrogen-bond donors (Lipinski definition) is 0. The number of fused-ring (bicyclic) bond motifs is 1. The maximum atomic E-state index is 12.3. The van der Waals surface area contributed by atoms with Crippen molar-refractivity contribution >= 4 is 28.5 Å². The van der Waals surface area contributed by atoms with Crippen molar-refractivity contribution in [3.05, 3.63) is 41.0 Å². The van der Waals surface area contributed by atoms with Crippen LogP contribution in [0, 0.1) is 5.92 Å². The van der Waals surface area contributed by atoms with Crippen LogP contribution in [-0.2, 0) is 4.74 Å². The summed E-state index contributed by atoms with van der Waals surface area (Å²) in [5.74, 6) is 0.201. The van der Waals surface area contributed by atoms with Crippen LogP contribution in [0.25, 0.3) is 10.9 Å². The van der Waals surface area contributed by atoms with Crippen molar-refractivity contribution in [2.75, 3.05) is 6.61 Å². The van der Waals surface area contributed by atoms with Gasteiger partial charge in [-0.1, -0.05) is 49.1 Å². The standard InChI is InChI=1S/C17H18ClNO2/c18-16-10-14(13-8-4-5-9-15(13)19-16)17(20)21-11-12-6-2-1-3-7-12/h4-5,8-10,12H,1-3,6-7,11H2. The van der Waals surface area contributed by atoms with Crippen molar-refractivity contribution in [1.29, 1.82) is 0 Å². The van der Waals surface area contributed by atoms with Crippen LogP contribution in [0.3, 0.4) is 0 Å². The van der Waals surface area contributed by atoms with E-state index in [4.69, 9.17) is 16.3 Å². The summed E-state index contributed by atoms with van der Waals surface area (Å²) in [6.07, 6.45) is 6.10. The molecule has 3 nitrogen and oxygen atoms in total. The van der Waals surface area contributed by atoms with Crippen LogP contribution >= 0.6 is 11.6 Å². The molecule has 1 aliphatic carbocycles. The number of nitrogens with zero attached hydrogens (tertiary/aromatic N) is 1. The average Bonchev–Trinajstić information content (AvgIpc) is 2.52. The van der Waals surface area contributed by atoms with Crippen LogP contribution in [-0.4, -0.2) is 17.6 Å². The number of ether oxygens (including phenoxy) is 1. The van der Waals surface area contributed by atoms with E-state index in [2.05, 4.69) is 4.98 Å². The second kappa shape index (κ2) is 6.44. The van der Waals surface area contributed by atoms with E-state index in [9.17, 15) is 4.79 Å². The minimum absolute atomic E-state index is 0.305. The SMILES string of the molecule is O=C(OCC1CCCCC1)c1cc(Cl)nc2ccccc12. The molecule has 0 saturated heterocycles. The van der Waals surface area contributed by atoms with Crippen LogP contribution in [0.2, 0.25) is 5.15 Å². The molecule has 21 heavy (non-hydrogen) atoms. The Balaban J connectivity index is 1.77. The molecule has 1 aromatic heterocycles. The Bertz CT molecular complexity index is 650. The van der Waals surface area contributed by atoms with E-state index in [1.54, 1.807) is 6.07 Å². The predicted octanol–water partition coefficient (Wildman–Crippen LogP) is 4.63. The molecule has 0 radical (unpaired) electrons. The summed E-state index contributed by atoms with van der Waals surface area (Å²) >= 11 is 6.00. The number of pyridine rings is 1. The summed E-state index contributed by atoms with van der Waals surface area (Å²) in [4.78, 5) is 16.6. The molecule has 0 unspecified atom stereocenters. The first-order valence-corrected chi connectivity index (χ1v) is 7.84. The molecule has 1 aromatic carbocycles. The molecule has 1 aliphatic rings. The Labute approximate surface area is 129 Å². The number of esters is 1. The van der Waals surface area contributed by atoms with Crippen molar-refractivity contribution < 1.29 is 9.53 Å². The average molecular weight is 304 g/mol. The first-order valence-electron chi connectivity index (χ1n) is 7.46. The molecule has 0 aliphatic heterocycles. The largest absolute Gasteiger partial charge is 0.462 e. The number of halogens is 1. The minimum atomic E-state index is -0.305. The van der Waals surface area contributed by atoms with Gasteiger partial charge in [-0.2, -0.15) is 0 Å². The maximum Gasteiger partial charge on any atom is 0.338 e. The third kappa shape index (κ3) is 3.35.